The van der Waals surface area contributed by atoms with E-state index in [0.717, 1.165) is 0 Å². The van der Waals surface area contributed by atoms with Crippen LogP contribution in [0.15, 0.2) is 24.8 Å². The molecule has 8 nitrogen and oxygen atoms in total. The van der Waals surface area contributed by atoms with Crippen molar-refractivity contribution in [1.82, 2.24) is 19.8 Å². The number of carbonyl (C=O) groups is 3. The van der Waals surface area contributed by atoms with Crippen LogP contribution < -0.4 is 5.43 Å². The number of likely N-dealkylation sites (tertiary alicyclic amines) is 1. The zero-order chi connectivity index (χ0) is 15.5. The van der Waals surface area contributed by atoms with Crippen LogP contribution in [-0.4, -0.2) is 44.0 Å². The van der Waals surface area contributed by atoms with Crippen LogP contribution in [0.1, 0.15) is 25.7 Å². The molecule has 3 rings (SSSR count). The largest absolute Gasteiger partial charge is 0.282 e. The Hall–Kier alpha value is -2.51. The number of hydrogen-bond acceptors (Lipinski definition) is 5. The first-order valence-corrected chi connectivity index (χ1v) is 7.31. The fraction of sp³-hybridized carbons (Fsp3) is 0.500. The average Bonchev–Trinajstić information content (AvgIpc) is 3.10. The molecule has 1 aliphatic carbocycles. The molecule has 0 unspecified atom stereocenters. The Kier molecular flexibility index (Phi) is 3.99. The number of nitrogens with zero attached hydrogens (tertiary/aromatic N) is 4. The number of imide groups is 1. The molecular formula is C14H17N5O3. The lowest BCUT2D eigenvalue weighted by Gasteiger charge is -2.14. The van der Waals surface area contributed by atoms with Crippen LogP contribution >= 0.6 is 0 Å². The van der Waals surface area contributed by atoms with Gasteiger partial charge in [0.05, 0.1) is 11.8 Å². The van der Waals surface area contributed by atoms with Gasteiger partial charge in [0.1, 0.15) is 12.7 Å². The van der Waals surface area contributed by atoms with Gasteiger partial charge in [-0.2, -0.15) is 0 Å². The average molecular weight is 303 g/mol. The van der Waals surface area contributed by atoms with Crippen LogP contribution in [0.5, 0.6) is 0 Å². The van der Waals surface area contributed by atoms with Gasteiger partial charge in [-0.05, 0) is 19.3 Å². The SMILES string of the molecule is O=C(CCCN1C(=O)[C@H]2CC=CC[C@H]2C1=O)Nn1cnnc1. The van der Waals surface area contributed by atoms with Crippen molar-refractivity contribution in [3.63, 3.8) is 0 Å². The number of nitrogens with one attached hydrogen (secondary N) is 1. The Bertz CT molecular complexity index is 584. The third kappa shape index (κ3) is 2.76. The second-order valence-electron chi connectivity index (χ2n) is 5.49. The Balaban J connectivity index is 1.48. The Morgan fingerprint density at radius 1 is 1.14 bits per heavy atom. The summed E-state index contributed by atoms with van der Waals surface area (Å²) < 4.78 is 1.36. The van der Waals surface area contributed by atoms with E-state index in [1.54, 1.807) is 0 Å². The third-order valence-corrected chi connectivity index (χ3v) is 4.06. The van der Waals surface area contributed by atoms with Crippen molar-refractivity contribution in [3.05, 3.63) is 24.8 Å². The lowest BCUT2D eigenvalue weighted by molar-refractivity contribution is -0.140. The molecule has 0 radical (unpaired) electrons. The summed E-state index contributed by atoms with van der Waals surface area (Å²) in [6.07, 6.45) is 8.62. The Morgan fingerprint density at radius 2 is 1.73 bits per heavy atom. The smallest absolute Gasteiger partial charge is 0.238 e. The van der Waals surface area contributed by atoms with Crippen molar-refractivity contribution in [2.45, 2.75) is 25.7 Å². The van der Waals surface area contributed by atoms with E-state index in [2.05, 4.69) is 15.6 Å². The molecule has 2 atom stereocenters. The number of amides is 3. The maximum Gasteiger partial charge on any atom is 0.238 e. The van der Waals surface area contributed by atoms with Gasteiger partial charge in [0, 0.05) is 13.0 Å². The summed E-state index contributed by atoms with van der Waals surface area (Å²) in [5.74, 6) is -0.818. The summed E-state index contributed by atoms with van der Waals surface area (Å²) in [4.78, 5) is 37.5. The molecule has 116 valence electrons. The molecule has 0 saturated carbocycles. The highest BCUT2D eigenvalue weighted by atomic mass is 16.2. The number of aromatic nitrogens is 3. The van der Waals surface area contributed by atoms with Crippen LogP contribution in [0.3, 0.4) is 0 Å². The Morgan fingerprint density at radius 3 is 2.32 bits per heavy atom. The molecule has 22 heavy (non-hydrogen) atoms. The van der Waals surface area contributed by atoms with Crippen LogP contribution in [0.2, 0.25) is 0 Å². The molecule has 2 heterocycles. The van der Waals surface area contributed by atoms with Crippen molar-refractivity contribution in [2.24, 2.45) is 11.8 Å². The first-order valence-electron chi connectivity index (χ1n) is 7.31. The van der Waals surface area contributed by atoms with Gasteiger partial charge >= 0.3 is 0 Å². The zero-order valence-corrected chi connectivity index (χ0v) is 12.0. The van der Waals surface area contributed by atoms with E-state index in [1.165, 1.54) is 22.2 Å². The number of hydrogen-bond donors (Lipinski definition) is 1. The Labute approximate surface area is 127 Å². The molecule has 1 aromatic rings. The molecule has 8 heteroatoms. The highest BCUT2D eigenvalue weighted by Gasteiger charge is 2.46. The summed E-state index contributed by atoms with van der Waals surface area (Å²) in [5, 5.41) is 7.15. The molecule has 0 spiro atoms. The summed E-state index contributed by atoms with van der Waals surface area (Å²) in [7, 11) is 0. The molecule has 1 aromatic heterocycles. The summed E-state index contributed by atoms with van der Waals surface area (Å²) in [5.41, 5.74) is 2.57. The van der Waals surface area contributed by atoms with Crippen LogP contribution in [0.25, 0.3) is 0 Å². The fourth-order valence-electron chi connectivity index (χ4n) is 2.95. The summed E-state index contributed by atoms with van der Waals surface area (Å²) in [6, 6.07) is 0. The highest BCUT2D eigenvalue weighted by Crippen LogP contribution is 2.35. The normalized spacial score (nSPS) is 23.7. The van der Waals surface area contributed by atoms with E-state index in [4.69, 9.17) is 0 Å². The van der Waals surface area contributed by atoms with E-state index in [-0.39, 0.29) is 36.0 Å². The van der Waals surface area contributed by atoms with Gasteiger partial charge in [0.25, 0.3) is 0 Å². The van der Waals surface area contributed by atoms with Gasteiger partial charge in [-0.15, -0.1) is 10.2 Å². The van der Waals surface area contributed by atoms with E-state index in [1.807, 2.05) is 12.2 Å². The van der Waals surface area contributed by atoms with Crippen molar-refractivity contribution >= 4 is 17.7 Å². The van der Waals surface area contributed by atoms with E-state index in [0.29, 0.717) is 25.8 Å². The maximum atomic E-state index is 12.2. The van der Waals surface area contributed by atoms with Crippen molar-refractivity contribution in [3.8, 4) is 0 Å². The molecule has 1 fully saturated rings. The van der Waals surface area contributed by atoms with Gasteiger partial charge in [0.15, 0.2) is 0 Å². The predicted molar refractivity (Wildman–Crippen MR) is 75.7 cm³/mol. The molecule has 1 aliphatic heterocycles. The number of rotatable bonds is 5. The minimum Gasteiger partial charge on any atom is -0.282 e. The fourth-order valence-corrected chi connectivity index (χ4v) is 2.95. The van der Waals surface area contributed by atoms with Crippen LogP contribution in [0, 0.1) is 11.8 Å². The third-order valence-electron chi connectivity index (χ3n) is 4.06. The minimum atomic E-state index is -0.210. The molecule has 0 bridgehead atoms. The van der Waals surface area contributed by atoms with Gasteiger partial charge in [-0.25, -0.2) is 4.68 Å². The van der Waals surface area contributed by atoms with Crippen molar-refractivity contribution < 1.29 is 14.4 Å². The summed E-state index contributed by atoms with van der Waals surface area (Å²) in [6.45, 7) is 0.292. The number of fused-ring (bicyclic) bond motifs is 1. The molecule has 3 amide bonds. The van der Waals surface area contributed by atoms with Gasteiger partial charge in [0.2, 0.25) is 17.7 Å². The lowest BCUT2D eigenvalue weighted by Crippen LogP contribution is -2.33. The number of allylic oxidation sites excluding steroid dienone is 2. The monoisotopic (exact) mass is 303 g/mol. The lowest BCUT2D eigenvalue weighted by atomic mass is 9.85. The zero-order valence-electron chi connectivity index (χ0n) is 12.0. The summed E-state index contributed by atoms with van der Waals surface area (Å²) >= 11 is 0. The van der Waals surface area contributed by atoms with Gasteiger partial charge in [-0.1, -0.05) is 12.2 Å². The predicted octanol–water partition coefficient (Wildman–Crippen LogP) is 0.0796. The van der Waals surface area contributed by atoms with Crippen LogP contribution in [0.4, 0.5) is 0 Å². The van der Waals surface area contributed by atoms with Gasteiger partial charge < -0.3 is 0 Å². The van der Waals surface area contributed by atoms with E-state index in [9.17, 15) is 14.4 Å². The molecule has 0 aromatic carbocycles. The second-order valence-corrected chi connectivity index (χ2v) is 5.49. The van der Waals surface area contributed by atoms with Crippen LogP contribution in [-0.2, 0) is 14.4 Å². The number of carbonyl (C=O) groups excluding carboxylic acids is 3. The molecular weight excluding hydrogens is 286 g/mol. The molecule has 2 aliphatic rings. The first kappa shape index (κ1) is 14.4. The highest BCUT2D eigenvalue weighted by molar-refractivity contribution is 6.05. The quantitative estimate of drug-likeness (QED) is 0.613. The van der Waals surface area contributed by atoms with Gasteiger partial charge in [-0.3, -0.25) is 24.7 Å². The maximum absolute atomic E-state index is 12.2. The van der Waals surface area contributed by atoms with Crippen molar-refractivity contribution in [2.75, 3.05) is 12.0 Å². The standard InChI is InChI=1S/C14H17N5O3/c20-12(17-18-8-15-16-9-18)6-3-7-19-13(21)10-4-1-2-5-11(10)14(19)22/h1-2,8-11H,3-7H2,(H,17,20)/t10-,11+. The molecule has 1 saturated heterocycles. The topological polar surface area (TPSA) is 97.2 Å². The van der Waals surface area contributed by atoms with Crippen molar-refractivity contribution in [1.29, 1.82) is 0 Å². The van der Waals surface area contributed by atoms with E-state index >= 15 is 0 Å². The minimum absolute atomic E-state index is 0.0985. The van der Waals surface area contributed by atoms with E-state index < -0.39 is 0 Å². The molecule has 1 N–H and O–H groups in total. The second kappa shape index (κ2) is 6.08. The first-order chi connectivity index (χ1) is 10.7.